The van der Waals surface area contributed by atoms with Crippen LogP contribution in [-0.2, 0) is 11.2 Å². The highest BCUT2D eigenvalue weighted by Gasteiger charge is 2.13. The lowest BCUT2D eigenvalue weighted by Crippen LogP contribution is -2.22. The van der Waals surface area contributed by atoms with Gasteiger partial charge in [0.25, 0.3) is 0 Å². The fourth-order valence-corrected chi connectivity index (χ4v) is 3.42. The number of methoxy groups -OCH3 is 1. The number of carbonyl (C=O) groups is 1. The molecule has 1 N–H and O–H groups in total. The molecule has 0 atom stereocenters. The molecule has 0 unspecified atom stereocenters. The SMILES string of the molecule is COc1cc2c(CCNC(C)=O)cn(SI)c2cc1F. The van der Waals surface area contributed by atoms with Crippen molar-refractivity contribution in [2.45, 2.75) is 13.3 Å². The second-order valence-electron chi connectivity index (χ2n) is 4.29. The van der Waals surface area contributed by atoms with Gasteiger partial charge in [-0.3, -0.25) is 8.77 Å². The number of hydrogen-bond donors (Lipinski definition) is 1. The lowest BCUT2D eigenvalue weighted by atomic mass is 10.1. The van der Waals surface area contributed by atoms with Crippen molar-refractivity contribution in [3.05, 3.63) is 29.7 Å². The van der Waals surface area contributed by atoms with E-state index in [4.69, 9.17) is 4.74 Å². The van der Waals surface area contributed by atoms with Crippen LogP contribution in [0.3, 0.4) is 0 Å². The number of carbonyl (C=O) groups excluding carboxylic acids is 1. The first-order valence-corrected chi connectivity index (χ1v) is 9.29. The molecule has 1 amide bonds. The van der Waals surface area contributed by atoms with E-state index >= 15 is 0 Å². The second kappa shape index (κ2) is 6.66. The quantitative estimate of drug-likeness (QED) is 0.773. The molecule has 0 saturated carbocycles. The lowest BCUT2D eigenvalue weighted by molar-refractivity contribution is -0.118. The van der Waals surface area contributed by atoms with E-state index in [1.54, 1.807) is 6.07 Å². The van der Waals surface area contributed by atoms with E-state index in [0.29, 0.717) is 13.0 Å². The van der Waals surface area contributed by atoms with Crippen LogP contribution in [0.15, 0.2) is 18.3 Å². The monoisotopic (exact) mass is 408 g/mol. The van der Waals surface area contributed by atoms with Gasteiger partial charge < -0.3 is 10.1 Å². The Morgan fingerprint density at radius 1 is 1.55 bits per heavy atom. The Balaban J connectivity index is 2.40. The van der Waals surface area contributed by atoms with Crippen LogP contribution >= 0.6 is 30.3 Å². The summed E-state index contributed by atoms with van der Waals surface area (Å²) in [7, 11) is 2.92. The number of amides is 1. The van der Waals surface area contributed by atoms with Gasteiger partial charge >= 0.3 is 0 Å². The first-order valence-electron chi connectivity index (χ1n) is 5.97. The van der Waals surface area contributed by atoms with Gasteiger partial charge in [-0.05, 0) is 18.1 Å². The molecule has 0 spiro atoms. The minimum atomic E-state index is -0.377. The maximum absolute atomic E-state index is 13.8. The van der Waals surface area contributed by atoms with Crippen LogP contribution in [0.25, 0.3) is 10.9 Å². The van der Waals surface area contributed by atoms with Crippen LogP contribution in [-0.4, -0.2) is 23.5 Å². The fourth-order valence-electron chi connectivity index (χ4n) is 2.05. The lowest BCUT2D eigenvalue weighted by Gasteiger charge is -2.04. The van der Waals surface area contributed by atoms with Gasteiger partial charge in [0.15, 0.2) is 11.6 Å². The number of halogens is 2. The Kier molecular flexibility index (Phi) is 5.14. The molecule has 0 radical (unpaired) electrons. The maximum atomic E-state index is 13.8. The molecule has 0 aliphatic carbocycles. The molecule has 1 aromatic heterocycles. The largest absolute Gasteiger partial charge is 0.494 e. The average molecular weight is 408 g/mol. The minimum Gasteiger partial charge on any atom is -0.494 e. The molecule has 0 bridgehead atoms. The zero-order valence-electron chi connectivity index (χ0n) is 11.1. The first-order chi connectivity index (χ1) is 9.56. The third-order valence-electron chi connectivity index (χ3n) is 2.97. The van der Waals surface area contributed by atoms with E-state index in [0.717, 1.165) is 16.5 Å². The molecule has 0 saturated heterocycles. The van der Waals surface area contributed by atoms with Crippen molar-refractivity contribution in [1.82, 2.24) is 9.29 Å². The molecule has 0 fully saturated rings. The molecule has 1 aromatic carbocycles. The van der Waals surface area contributed by atoms with Gasteiger partial charge in [0, 0.05) is 61.4 Å². The summed E-state index contributed by atoms with van der Waals surface area (Å²) in [4.78, 5) is 10.9. The third-order valence-corrected chi connectivity index (χ3v) is 4.69. The number of nitrogens with zero attached hydrogens (tertiary/aromatic N) is 1. The van der Waals surface area contributed by atoms with E-state index in [9.17, 15) is 9.18 Å². The molecule has 2 rings (SSSR count). The number of nitrogens with one attached hydrogen (secondary N) is 1. The zero-order chi connectivity index (χ0) is 14.7. The number of rotatable bonds is 5. The Morgan fingerprint density at radius 2 is 2.30 bits per heavy atom. The summed E-state index contributed by atoms with van der Waals surface area (Å²) in [6.45, 7) is 2.04. The van der Waals surface area contributed by atoms with Crippen molar-refractivity contribution in [2.75, 3.05) is 13.7 Å². The van der Waals surface area contributed by atoms with E-state index in [-0.39, 0.29) is 17.5 Å². The molecular formula is C13H14FIN2O2S. The summed E-state index contributed by atoms with van der Waals surface area (Å²) in [6, 6.07) is 3.18. The number of hydrogen-bond acceptors (Lipinski definition) is 3. The van der Waals surface area contributed by atoms with E-state index in [2.05, 4.69) is 26.5 Å². The van der Waals surface area contributed by atoms with Crippen LogP contribution in [0.1, 0.15) is 12.5 Å². The molecule has 0 aliphatic heterocycles. The number of ether oxygens (including phenoxy) is 1. The third kappa shape index (κ3) is 3.20. The fraction of sp³-hybridized carbons (Fsp3) is 0.308. The Hall–Kier alpha value is -0.960. The zero-order valence-corrected chi connectivity index (χ0v) is 14.0. The topological polar surface area (TPSA) is 43.3 Å². The standard InChI is InChI=1S/C13H14FIN2O2S/c1-8(18)16-4-3-9-7-17(20-15)12-6-11(14)13(19-2)5-10(9)12/h5-7H,3-4H2,1-2H3,(H,16,18). The van der Waals surface area contributed by atoms with E-state index < -0.39 is 0 Å². The highest BCUT2D eigenvalue weighted by atomic mass is 127. The Bertz CT molecular complexity index is 645. The van der Waals surface area contributed by atoms with Crippen molar-refractivity contribution >= 4 is 47.1 Å². The normalized spacial score (nSPS) is 10.8. The van der Waals surface area contributed by atoms with Crippen LogP contribution in [0.2, 0.25) is 0 Å². The van der Waals surface area contributed by atoms with Gasteiger partial charge in [0.1, 0.15) is 0 Å². The predicted octanol–water partition coefficient (Wildman–Crippen LogP) is 3.31. The summed E-state index contributed by atoms with van der Waals surface area (Å²) in [6.07, 6.45) is 2.65. The highest BCUT2D eigenvalue weighted by molar-refractivity contribution is 14.2. The van der Waals surface area contributed by atoms with Crippen molar-refractivity contribution in [3.8, 4) is 5.75 Å². The number of benzene rings is 1. The van der Waals surface area contributed by atoms with Gasteiger partial charge in [-0.25, -0.2) is 4.39 Å². The first kappa shape index (κ1) is 15.4. The van der Waals surface area contributed by atoms with Crippen LogP contribution in [0.5, 0.6) is 5.75 Å². The summed E-state index contributed by atoms with van der Waals surface area (Å²) in [5, 5.41) is 3.71. The van der Waals surface area contributed by atoms with E-state index in [1.165, 1.54) is 29.2 Å². The summed E-state index contributed by atoms with van der Waals surface area (Å²) < 4.78 is 20.7. The molecule has 0 aliphatic rings. The molecule has 1 heterocycles. The highest BCUT2D eigenvalue weighted by Crippen LogP contribution is 2.32. The molecular weight excluding hydrogens is 394 g/mol. The van der Waals surface area contributed by atoms with Crippen molar-refractivity contribution in [1.29, 1.82) is 0 Å². The summed E-state index contributed by atoms with van der Waals surface area (Å²) in [5.41, 5.74) is 1.86. The van der Waals surface area contributed by atoms with Gasteiger partial charge in [-0.15, -0.1) is 0 Å². The van der Waals surface area contributed by atoms with Crippen molar-refractivity contribution < 1.29 is 13.9 Å². The molecule has 108 valence electrons. The van der Waals surface area contributed by atoms with Crippen molar-refractivity contribution in [3.63, 3.8) is 0 Å². The van der Waals surface area contributed by atoms with Crippen LogP contribution in [0, 0.1) is 5.82 Å². The Labute approximate surface area is 132 Å². The number of aromatic nitrogens is 1. The van der Waals surface area contributed by atoms with Crippen molar-refractivity contribution in [2.24, 2.45) is 0 Å². The average Bonchev–Trinajstić information content (AvgIpc) is 2.74. The summed E-state index contributed by atoms with van der Waals surface area (Å²) >= 11 is 2.15. The Morgan fingerprint density at radius 3 is 2.90 bits per heavy atom. The van der Waals surface area contributed by atoms with Gasteiger partial charge in [-0.2, -0.15) is 0 Å². The molecule has 7 heteroatoms. The smallest absolute Gasteiger partial charge is 0.216 e. The van der Waals surface area contributed by atoms with E-state index in [1.807, 2.05) is 10.2 Å². The van der Waals surface area contributed by atoms with Gasteiger partial charge in [0.2, 0.25) is 5.91 Å². The molecule has 4 nitrogen and oxygen atoms in total. The second-order valence-corrected chi connectivity index (χ2v) is 6.00. The van der Waals surface area contributed by atoms with Crippen LogP contribution in [0.4, 0.5) is 4.39 Å². The van der Waals surface area contributed by atoms with Gasteiger partial charge in [0.05, 0.1) is 12.6 Å². The molecule has 20 heavy (non-hydrogen) atoms. The van der Waals surface area contributed by atoms with Gasteiger partial charge in [-0.1, -0.05) is 0 Å². The maximum Gasteiger partial charge on any atom is 0.216 e. The summed E-state index contributed by atoms with van der Waals surface area (Å²) in [5.74, 6) is -0.201. The predicted molar refractivity (Wildman–Crippen MR) is 87.8 cm³/mol. The molecule has 2 aromatic rings. The minimum absolute atomic E-state index is 0.0550. The number of fused-ring (bicyclic) bond motifs is 1. The van der Waals surface area contributed by atoms with Crippen LogP contribution < -0.4 is 10.1 Å².